The van der Waals surface area contributed by atoms with Gasteiger partial charge in [-0.3, -0.25) is 19.4 Å². The molecule has 0 spiro atoms. The Morgan fingerprint density at radius 2 is 1.62 bits per heavy atom. The summed E-state index contributed by atoms with van der Waals surface area (Å²) in [7, 11) is 2.72. The van der Waals surface area contributed by atoms with Crippen molar-refractivity contribution in [1.29, 1.82) is 0 Å². The third-order valence-corrected chi connectivity index (χ3v) is 4.32. The van der Waals surface area contributed by atoms with Crippen molar-refractivity contribution in [3.8, 4) is 5.75 Å². The van der Waals surface area contributed by atoms with Crippen LogP contribution in [0.5, 0.6) is 5.75 Å². The molecule has 2 aromatic rings. The summed E-state index contributed by atoms with van der Waals surface area (Å²) < 4.78 is 5.82. The Kier molecular flexibility index (Phi) is 4.75. The summed E-state index contributed by atoms with van der Waals surface area (Å²) in [6.45, 7) is 2.53. The Morgan fingerprint density at radius 3 is 2.27 bits per heavy atom. The average Bonchev–Trinajstić information content (AvgIpc) is 2.67. The highest BCUT2D eigenvalue weighted by Crippen LogP contribution is 2.31. The minimum absolute atomic E-state index is 0.0627. The highest BCUT2D eigenvalue weighted by molar-refractivity contribution is 6.31. The molecule has 1 aliphatic rings. The topological polar surface area (TPSA) is 66.9 Å². The van der Waals surface area contributed by atoms with Crippen LogP contribution in [-0.2, 0) is 9.59 Å². The smallest absolute Gasteiger partial charge is 0.333 e. The van der Waals surface area contributed by atoms with E-state index >= 15 is 0 Å². The zero-order valence-corrected chi connectivity index (χ0v) is 15.0. The Labute approximate surface area is 151 Å². The van der Waals surface area contributed by atoms with Gasteiger partial charge in [0.2, 0.25) is 0 Å². The molecule has 1 aliphatic heterocycles. The van der Waals surface area contributed by atoms with Gasteiger partial charge in [0, 0.05) is 19.7 Å². The maximum atomic E-state index is 12.5. The van der Waals surface area contributed by atoms with Crippen LogP contribution >= 0.6 is 0 Å². The fourth-order valence-corrected chi connectivity index (χ4v) is 2.88. The number of fused-ring (bicyclic) bond motifs is 1. The number of amides is 4. The number of imide groups is 2. The molecule has 134 valence electrons. The van der Waals surface area contributed by atoms with E-state index in [-0.39, 0.29) is 5.57 Å². The molecule has 6 nitrogen and oxygen atoms in total. The maximum absolute atomic E-state index is 12.5. The molecule has 0 aliphatic carbocycles. The van der Waals surface area contributed by atoms with Crippen LogP contribution in [0.4, 0.5) is 4.79 Å². The molecule has 0 radical (unpaired) electrons. The van der Waals surface area contributed by atoms with Crippen LogP contribution in [0.2, 0.25) is 0 Å². The number of barbiturate groups is 1. The van der Waals surface area contributed by atoms with E-state index in [0.717, 1.165) is 27.0 Å². The second kappa shape index (κ2) is 7.00. The van der Waals surface area contributed by atoms with E-state index in [0.29, 0.717) is 17.9 Å². The largest absolute Gasteiger partial charge is 0.493 e. The number of nitrogens with zero attached hydrogens (tertiary/aromatic N) is 2. The first-order chi connectivity index (χ1) is 12.5. The molecule has 1 fully saturated rings. The lowest BCUT2D eigenvalue weighted by molar-refractivity contribution is -0.134. The van der Waals surface area contributed by atoms with Crippen LogP contribution < -0.4 is 4.74 Å². The number of hydrogen-bond acceptors (Lipinski definition) is 4. The van der Waals surface area contributed by atoms with Gasteiger partial charge in [-0.1, -0.05) is 37.3 Å². The van der Waals surface area contributed by atoms with Crippen LogP contribution in [0.15, 0.2) is 42.0 Å². The van der Waals surface area contributed by atoms with Crippen LogP contribution in [0.25, 0.3) is 16.8 Å². The van der Waals surface area contributed by atoms with Gasteiger partial charge >= 0.3 is 6.03 Å². The molecular weight excluding hydrogens is 332 g/mol. The molecule has 2 aromatic carbocycles. The Hall–Kier alpha value is -3.15. The minimum Gasteiger partial charge on any atom is -0.493 e. The van der Waals surface area contributed by atoms with E-state index in [1.807, 2.05) is 43.3 Å². The molecule has 0 bridgehead atoms. The van der Waals surface area contributed by atoms with Gasteiger partial charge < -0.3 is 4.74 Å². The summed E-state index contributed by atoms with van der Waals surface area (Å²) in [6, 6.07) is 10.8. The summed E-state index contributed by atoms with van der Waals surface area (Å²) in [5.41, 5.74) is 0.594. The number of likely N-dealkylation sites (N-methyl/N-ethyl adjacent to an activating group) is 2. The highest BCUT2D eigenvalue weighted by atomic mass is 16.5. The average molecular weight is 352 g/mol. The van der Waals surface area contributed by atoms with Gasteiger partial charge in [-0.25, -0.2) is 4.79 Å². The lowest BCUT2D eigenvalue weighted by atomic mass is 9.99. The number of hydrogen-bond donors (Lipinski definition) is 0. The van der Waals surface area contributed by atoms with Crippen molar-refractivity contribution >= 4 is 34.7 Å². The number of rotatable bonds is 4. The van der Waals surface area contributed by atoms with Crippen molar-refractivity contribution in [3.05, 3.63) is 47.5 Å². The molecule has 0 N–H and O–H groups in total. The lowest BCUT2D eigenvalue weighted by Crippen LogP contribution is -2.52. The number of benzene rings is 2. The van der Waals surface area contributed by atoms with E-state index < -0.39 is 17.8 Å². The number of carbonyl (C=O) groups is 3. The van der Waals surface area contributed by atoms with Gasteiger partial charge in [-0.15, -0.1) is 0 Å². The molecule has 1 heterocycles. The van der Waals surface area contributed by atoms with Crippen LogP contribution in [-0.4, -0.2) is 48.3 Å². The van der Waals surface area contributed by atoms with Crippen LogP contribution in [0.1, 0.15) is 18.9 Å². The normalized spacial score (nSPS) is 15.0. The van der Waals surface area contributed by atoms with Crippen molar-refractivity contribution in [2.24, 2.45) is 0 Å². The summed E-state index contributed by atoms with van der Waals surface area (Å²) >= 11 is 0. The van der Waals surface area contributed by atoms with E-state index in [4.69, 9.17) is 4.74 Å². The second-order valence-corrected chi connectivity index (χ2v) is 6.12. The van der Waals surface area contributed by atoms with E-state index in [9.17, 15) is 14.4 Å². The standard InChI is InChI=1S/C20H20N2O4/c1-4-11-26-17-10-9-13-7-5-6-8-14(13)15(17)12-16-18(23)21(2)20(25)22(3)19(16)24/h5-10,12H,4,11H2,1-3H3. The van der Waals surface area contributed by atoms with Gasteiger partial charge in [-0.05, 0) is 29.3 Å². The second-order valence-electron chi connectivity index (χ2n) is 6.12. The van der Waals surface area contributed by atoms with Gasteiger partial charge in [0.1, 0.15) is 11.3 Å². The molecule has 4 amide bonds. The fraction of sp³-hybridized carbons (Fsp3) is 0.250. The predicted octanol–water partition coefficient (Wildman–Crippen LogP) is 3.06. The Morgan fingerprint density at radius 1 is 0.962 bits per heavy atom. The fourth-order valence-electron chi connectivity index (χ4n) is 2.88. The Bertz CT molecular complexity index is 907. The molecule has 0 aromatic heterocycles. The molecule has 0 saturated carbocycles. The van der Waals surface area contributed by atoms with Gasteiger partial charge in [0.05, 0.1) is 6.61 Å². The molecule has 6 heteroatoms. The molecule has 1 saturated heterocycles. The maximum Gasteiger partial charge on any atom is 0.333 e. The minimum atomic E-state index is -0.641. The van der Waals surface area contributed by atoms with Gasteiger partial charge in [-0.2, -0.15) is 0 Å². The third-order valence-electron chi connectivity index (χ3n) is 4.32. The quantitative estimate of drug-likeness (QED) is 0.626. The van der Waals surface area contributed by atoms with Crippen molar-refractivity contribution in [1.82, 2.24) is 9.80 Å². The van der Waals surface area contributed by atoms with Crippen molar-refractivity contribution in [2.75, 3.05) is 20.7 Å². The summed E-state index contributed by atoms with van der Waals surface area (Å²) in [5.74, 6) is -0.638. The number of carbonyl (C=O) groups excluding carboxylic acids is 3. The summed E-state index contributed by atoms with van der Waals surface area (Å²) in [5, 5.41) is 1.84. The van der Waals surface area contributed by atoms with Crippen molar-refractivity contribution < 1.29 is 19.1 Å². The molecule has 3 rings (SSSR count). The van der Waals surface area contributed by atoms with E-state index in [1.54, 1.807) is 0 Å². The molecular formula is C20H20N2O4. The van der Waals surface area contributed by atoms with Crippen molar-refractivity contribution in [2.45, 2.75) is 13.3 Å². The molecule has 0 unspecified atom stereocenters. The first-order valence-corrected chi connectivity index (χ1v) is 8.42. The zero-order valence-electron chi connectivity index (χ0n) is 15.0. The van der Waals surface area contributed by atoms with E-state index in [2.05, 4.69) is 0 Å². The molecule has 26 heavy (non-hydrogen) atoms. The van der Waals surface area contributed by atoms with Gasteiger partial charge in [0.25, 0.3) is 11.8 Å². The summed E-state index contributed by atoms with van der Waals surface area (Å²) in [4.78, 5) is 38.8. The first-order valence-electron chi connectivity index (χ1n) is 8.42. The molecule has 0 atom stereocenters. The lowest BCUT2D eigenvalue weighted by Gasteiger charge is -2.29. The SMILES string of the molecule is CCCOc1ccc2ccccc2c1C=C1C(=O)N(C)C(=O)N(C)C1=O. The Balaban J connectivity index is 2.19. The number of ether oxygens (including phenoxy) is 1. The summed E-state index contributed by atoms with van der Waals surface area (Å²) in [6.07, 6.45) is 2.36. The van der Waals surface area contributed by atoms with Crippen molar-refractivity contribution in [3.63, 3.8) is 0 Å². The van der Waals surface area contributed by atoms with Gasteiger partial charge in [0.15, 0.2) is 0 Å². The first kappa shape index (κ1) is 17.7. The predicted molar refractivity (Wildman–Crippen MR) is 98.6 cm³/mol. The highest BCUT2D eigenvalue weighted by Gasteiger charge is 2.38. The van der Waals surface area contributed by atoms with Crippen LogP contribution in [0.3, 0.4) is 0 Å². The van der Waals surface area contributed by atoms with E-state index in [1.165, 1.54) is 20.2 Å². The van der Waals surface area contributed by atoms with Crippen LogP contribution in [0, 0.1) is 0 Å². The number of urea groups is 1. The zero-order chi connectivity index (χ0) is 18.8. The third kappa shape index (κ3) is 2.94. The monoisotopic (exact) mass is 352 g/mol.